The summed E-state index contributed by atoms with van der Waals surface area (Å²) in [5.41, 5.74) is 1.50. The summed E-state index contributed by atoms with van der Waals surface area (Å²) in [6, 6.07) is 16.4. The zero-order valence-electron chi connectivity index (χ0n) is 20.0. The molecule has 37 heavy (non-hydrogen) atoms. The van der Waals surface area contributed by atoms with Gasteiger partial charge in [-0.3, -0.25) is 9.59 Å². The van der Waals surface area contributed by atoms with Gasteiger partial charge in [0, 0.05) is 16.1 Å². The van der Waals surface area contributed by atoms with Gasteiger partial charge in [-0.15, -0.1) is 0 Å². The lowest BCUT2D eigenvalue weighted by atomic mass is 10.1. The Hall–Kier alpha value is -3.12. The Morgan fingerprint density at radius 3 is 2.78 bits per heavy atom. The Balaban J connectivity index is 1.53. The number of aromatic nitrogens is 2. The molecule has 4 rings (SSSR count). The Kier molecular flexibility index (Phi) is 8.70. The number of anilines is 1. The third kappa shape index (κ3) is 6.61. The van der Waals surface area contributed by atoms with Gasteiger partial charge in [-0.2, -0.15) is 9.78 Å². The van der Waals surface area contributed by atoms with Gasteiger partial charge in [-0.05, 0) is 89.2 Å². The van der Waals surface area contributed by atoms with Crippen LogP contribution in [0.4, 0.5) is 10.1 Å². The molecule has 1 heterocycles. The van der Waals surface area contributed by atoms with Crippen LogP contribution in [0.2, 0.25) is 0 Å². The highest BCUT2D eigenvalue weighted by atomic mass is 127. The number of carbonyl (C=O) groups is 1. The summed E-state index contributed by atoms with van der Waals surface area (Å²) in [6.45, 7) is 3.82. The van der Waals surface area contributed by atoms with Crippen LogP contribution in [0.3, 0.4) is 0 Å². The topological polar surface area (TPSA) is 85.6 Å². The Morgan fingerprint density at radius 2 is 2.05 bits per heavy atom. The molecule has 0 aliphatic heterocycles. The van der Waals surface area contributed by atoms with Crippen LogP contribution < -0.4 is 15.6 Å². The van der Waals surface area contributed by atoms with E-state index in [0.29, 0.717) is 28.2 Å². The number of hydrogen-bond acceptors (Lipinski definition) is 5. The van der Waals surface area contributed by atoms with Gasteiger partial charge in [0.25, 0.3) is 11.5 Å². The largest absolute Gasteiger partial charge is 0.483 e. The number of benzene rings is 3. The summed E-state index contributed by atoms with van der Waals surface area (Å²) in [7, 11) is 0. The monoisotopic (exact) mass is 676 g/mol. The number of fused-ring (bicyclic) bond motifs is 1. The molecule has 4 aromatic rings. The maximum atomic E-state index is 13.3. The van der Waals surface area contributed by atoms with Crippen molar-refractivity contribution in [2.24, 2.45) is 5.10 Å². The summed E-state index contributed by atoms with van der Waals surface area (Å²) in [5.74, 6) is 0.308. The predicted octanol–water partition coefficient (Wildman–Crippen LogP) is 6.32. The lowest BCUT2D eigenvalue weighted by Gasteiger charge is -2.14. The standard InChI is InChI=1S/C27H23BrFIN4O3/c1-3-16(2)26-33-23-9-8-18(28)12-21(23)27(36)34(26)31-14-17-7-10-24(22(30)11-17)37-15-25(35)32-20-6-4-5-19(29)13-20/h4-14,16H,3,15H2,1-2H3,(H,32,35)/t16-/m1/s1. The molecule has 1 amide bonds. The van der Waals surface area contributed by atoms with Crippen molar-refractivity contribution in [3.63, 3.8) is 0 Å². The predicted molar refractivity (Wildman–Crippen MR) is 155 cm³/mol. The second kappa shape index (κ2) is 12.0. The fourth-order valence-electron chi connectivity index (χ4n) is 3.52. The zero-order valence-corrected chi connectivity index (χ0v) is 23.8. The van der Waals surface area contributed by atoms with Crippen molar-refractivity contribution in [2.45, 2.75) is 26.2 Å². The molecule has 3 aromatic carbocycles. The fraction of sp³-hybridized carbons (Fsp3) is 0.185. The van der Waals surface area contributed by atoms with Crippen LogP contribution in [0.1, 0.15) is 37.6 Å². The third-order valence-electron chi connectivity index (χ3n) is 5.63. The number of halogens is 3. The fourth-order valence-corrected chi connectivity index (χ4v) is 4.58. The average Bonchev–Trinajstić information content (AvgIpc) is 2.87. The Labute approximate surface area is 235 Å². The first kappa shape index (κ1) is 26.9. The maximum Gasteiger partial charge on any atom is 0.282 e. The molecule has 10 heteroatoms. The lowest BCUT2D eigenvalue weighted by Crippen LogP contribution is -2.23. The molecule has 0 fully saturated rings. The van der Waals surface area contributed by atoms with E-state index in [1.807, 2.05) is 32.0 Å². The smallest absolute Gasteiger partial charge is 0.282 e. The van der Waals surface area contributed by atoms with Crippen LogP contribution >= 0.6 is 38.5 Å². The number of amides is 1. The van der Waals surface area contributed by atoms with Crippen molar-refractivity contribution in [2.75, 3.05) is 11.9 Å². The lowest BCUT2D eigenvalue weighted by molar-refractivity contribution is -0.118. The van der Waals surface area contributed by atoms with Crippen molar-refractivity contribution in [1.29, 1.82) is 0 Å². The van der Waals surface area contributed by atoms with Crippen molar-refractivity contribution in [1.82, 2.24) is 9.66 Å². The van der Waals surface area contributed by atoms with E-state index in [1.165, 1.54) is 22.9 Å². The molecule has 0 aliphatic carbocycles. The van der Waals surface area contributed by atoms with Gasteiger partial charge in [0.1, 0.15) is 17.4 Å². The normalized spacial score (nSPS) is 12.1. The van der Waals surface area contributed by atoms with E-state index in [-0.39, 0.29) is 18.1 Å². The molecule has 7 nitrogen and oxygen atoms in total. The van der Waals surface area contributed by atoms with Crippen LogP contribution in [0.15, 0.2) is 75.0 Å². The van der Waals surface area contributed by atoms with Crippen LogP contribution in [-0.4, -0.2) is 28.4 Å². The van der Waals surface area contributed by atoms with E-state index in [9.17, 15) is 14.0 Å². The minimum absolute atomic E-state index is 0.0346. The highest BCUT2D eigenvalue weighted by Gasteiger charge is 2.16. The molecular weight excluding hydrogens is 654 g/mol. The molecule has 0 spiro atoms. The number of hydrogen-bond donors (Lipinski definition) is 1. The van der Waals surface area contributed by atoms with Gasteiger partial charge in [0.05, 0.1) is 20.7 Å². The van der Waals surface area contributed by atoms with E-state index in [1.54, 1.807) is 30.5 Å². The van der Waals surface area contributed by atoms with Crippen molar-refractivity contribution >= 4 is 67.2 Å². The molecule has 190 valence electrons. The zero-order chi connectivity index (χ0) is 26.5. The third-order valence-corrected chi connectivity index (χ3v) is 6.97. The number of rotatable bonds is 8. The van der Waals surface area contributed by atoms with E-state index < -0.39 is 11.7 Å². The van der Waals surface area contributed by atoms with E-state index in [0.717, 1.165) is 20.0 Å². The minimum Gasteiger partial charge on any atom is -0.483 e. The Morgan fingerprint density at radius 1 is 1.24 bits per heavy atom. The number of nitrogens with one attached hydrogen (secondary N) is 1. The average molecular weight is 677 g/mol. The summed E-state index contributed by atoms with van der Waals surface area (Å²) in [5, 5.41) is 7.56. The number of nitrogens with zero attached hydrogens (tertiary/aromatic N) is 3. The summed E-state index contributed by atoms with van der Waals surface area (Å²) in [4.78, 5) is 30.2. The van der Waals surface area contributed by atoms with Gasteiger partial charge in [-0.25, -0.2) is 9.37 Å². The van der Waals surface area contributed by atoms with Crippen molar-refractivity contribution in [3.05, 3.63) is 96.3 Å². The van der Waals surface area contributed by atoms with Crippen LogP contribution in [0.25, 0.3) is 10.9 Å². The first-order valence-electron chi connectivity index (χ1n) is 11.5. The number of carbonyl (C=O) groups excluding carboxylic acids is 1. The highest BCUT2D eigenvalue weighted by molar-refractivity contribution is 14.1. The molecular formula is C27H23BrFIN4O3. The van der Waals surface area contributed by atoms with E-state index in [2.05, 4.69) is 48.9 Å². The Bertz CT molecular complexity index is 1560. The maximum absolute atomic E-state index is 13.3. The SMILES string of the molecule is CC[C@@H](C)c1nc2ccc(Br)cc2c(=O)n1N=Cc1ccc(OCC(=O)Nc2cccc(F)c2)c(I)c1. The quantitative estimate of drug-likeness (QED) is 0.175. The van der Waals surface area contributed by atoms with Gasteiger partial charge in [0.15, 0.2) is 6.61 Å². The second-order valence-corrected chi connectivity index (χ2v) is 10.4. The van der Waals surface area contributed by atoms with Crippen LogP contribution in [0, 0.1) is 9.39 Å². The van der Waals surface area contributed by atoms with Gasteiger partial charge in [-0.1, -0.05) is 35.8 Å². The second-order valence-electron chi connectivity index (χ2n) is 8.34. The van der Waals surface area contributed by atoms with Crippen molar-refractivity contribution < 1.29 is 13.9 Å². The highest BCUT2D eigenvalue weighted by Crippen LogP contribution is 2.23. The van der Waals surface area contributed by atoms with E-state index in [4.69, 9.17) is 9.72 Å². The first-order chi connectivity index (χ1) is 17.7. The first-order valence-corrected chi connectivity index (χ1v) is 13.4. The number of ether oxygens (including phenoxy) is 1. The molecule has 0 saturated heterocycles. The molecule has 1 atom stereocenters. The van der Waals surface area contributed by atoms with Crippen LogP contribution in [0.5, 0.6) is 5.75 Å². The van der Waals surface area contributed by atoms with Crippen LogP contribution in [-0.2, 0) is 4.79 Å². The molecule has 1 N–H and O–H groups in total. The minimum atomic E-state index is -0.434. The van der Waals surface area contributed by atoms with Gasteiger partial charge >= 0.3 is 0 Å². The molecule has 0 bridgehead atoms. The summed E-state index contributed by atoms with van der Waals surface area (Å²) >= 11 is 5.52. The van der Waals surface area contributed by atoms with E-state index >= 15 is 0 Å². The molecule has 0 unspecified atom stereocenters. The van der Waals surface area contributed by atoms with Crippen molar-refractivity contribution in [3.8, 4) is 5.75 Å². The van der Waals surface area contributed by atoms with Gasteiger partial charge in [0.2, 0.25) is 0 Å². The molecule has 0 aliphatic rings. The molecule has 1 aromatic heterocycles. The molecule has 0 radical (unpaired) electrons. The summed E-state index contributed by atoms with van der Waals surface area (Å²) < 4.78 is 21.8. The van der Waals surface area contributed by atoms with Gasteiger partial charge < -0.3 is 10.1 Å². The summed E-state index contributed by atoms with van der Waals surface area (Å²) in [6.07, 6.45) is 2.40. The molecule has 0 saturated carbocycles.